The van der Waals surface area contributed by atoms with Gasteiger partial charge in [0.25, 0.3) is 0 Å². The molecule has 0 saturated heterocycles. The predicted octanol–water partition coefficient (Wildman–Crippen LogP) is 13.9. The average Bonchev–Trinajstić information content (AvgIpc) is 3.54. The minimum absolute atomic E-state index is 1.10. The van der Waals surface area contributed by atoms with Crippen molar-refractivity contribution in [2.45, 2.75) is 0 Å². The molecule has 0 fully saturated rings. The molecule has 0 bridgehead atoms. The number of para-hydroxylation sites is 2. The quantitative estimate of drug-likeness (QED) is 0.172. The zero-order valence-electron chi connectivity index (χ0n) is 28.5. The molecule has 10 aromatic rings. The van der Waals surface area contributed by atoms with Crippen LogP contribution in [-0.2, 0) is 0 Å². The normalized spacial score (nSPS) is 11.5. The first kappa shape index (κ1) is 30.0. The number of nitrogens with zero attached hydrogens (tertiary/aromatic N) is 2. The van der Waals surface area contributed by atoms with Crippen molar-refractivity contribution in [3.8, 4) is 27.9 Å². The molecular formula is C50H34N2. The van der Waals surface area contributed by atoms with E-state index in [1.54, 1.807) is 0 Å². The molecule has 2 heteroatoms. The van der Waals surface area contributed by atoms with Crippen molar-refractivity contribution in [3.05, 3.63) is 206 Å². The van der Waals surface area contributed by atoms with Gasteiger partial charge >= 0.3 is 0 Å². The van der Waals surface area contributed by atoms with E-state index in [1.165, 1.54) is 65.6 Å². The van der Waals surface area contributed by atoms with Gasteiger partial charge in [0.05, 0.1) is 11.0 Å². The summed E-state index contributed by atoms with van der Waals surface area (Å²) in [6, 6.07) is 74.6. The average molecular weight is 663 g/mol. The standard InChI is InChI=1S/C50H34N2/c1-3-14-35(15-4-1)44-25-11-18-37-19-12-26-45(50(37)44)36-28-30-41(31-29-36)51(40-20-5-2-6-21-40)42-22-13-23-43(34-42)52-48-27-10-9-24-46(48)47-32-38-16-7-8-17-39(38)33-49(47)52/h1-34H. The van der Waals surface area contributed by atoms with Crippen LogP contribution < -0.4 is 4.90 Å². The number of fused-ring (bicyclic) bond motifs is 5. The Balaban J connectivity index is 1.11. The molecule has 0 saturated carbocycles. The van der Waals surface area contributed by atoms with Crippen molar-refractivity contribution in [3.63, 3.8) is 0 Å². The van der Waals surface area contributed by atoms with Crippen LogP contribution in [-0.4, -0.2) is 4.57 Å². The van der Waals surface area contributed by atoms with Crippen LogP contribution in [0.2, 0.25) is 0 Å². The maximum Gasteiger partial charge on any atom is 0.0547 e. The highest BCUT2D eigenvalue weighted by molar-refractivity contribution is 6.13. The van der Waals surface area contributed by atoms with E-state index < -0.39 is 0 Å². The topological polar surface area (TPSA) is 8.17 Å². The fraction of sp³-hybridized carbons (Fsp3) is 0. The Bertz CT molecular complexity index is 2880. The van der Waals surface area contributed by atoms with Gasteiger partial charge in [0, 0.05) is 33.5 Å². The second-order valence-corrected chi connectivity index (χ2v) is 13.4. The van der Waals surface area contributed by atoms with Crippen molar-refractivity contribution in [2.24, 2.45) is 0 Å². The van der Waals surface area contributed by atoms with Gasteiger partial charge in [-0.3, -0.25) is 0 Å². The van der Waals surface area contributed by atoms with Gasteiger partial charge in [0.15, 0.2) is 0 Å². The second kappa shape index (κ2) is 12.5. The summed E-state index contributed by atoms with van der Waals surface area (Å²) in [4.78, 5) is 2.36. The number of aromatic nitrogens is 1. The Morgan fingerprint density at radius 2 is 0.885 bits per heavy atom. The second-order valence-electron chi connectivity index (χ2n) is 13.4. The van der Waals surface area contributed by atoms with E-state index in [1.807, 2.05) is 0 Å². The Kier molecular flexibility index (Phi) is 7.18. The smallest absolute Gasteiger partial charge is 0.0547 e. The number of hydrogen-bond donors (Lipinski definition) is 0. The molecular weight excluding hydrogens is 629 g/mol. The molecule has 10 rings (SSSR count). The predicted molar refractivity (Wildman–Crippen MR) is 221 cm³/mol. The summed E-state index contributed by atoms with van der Waals surface area (Å²) in [6.45, 7) is 0. The first-order valence-corrected chi connectivity index (χ1v) is 17.9. The summed E-state index contributed by atoms with van der Waals surface area (Å²) in [6.07, 6.45) is 0. The van der Waals surface area contributed by atoms with Gasteiger partial charge in [0.1, 0.15) is 0 Å². The summed E-state index contributed by atoms with van der Waals surface area (Å²) in [7, 11) is 0. The van der Waals surface area contributed by atoms with E-state index in [9.17, 15) is 0 Å². The van der Waals surface area contributed by atoms with Gasteiger partial charge < -0.3 is 9.47 Å². The van der Waals surface area contributed by atoms with Crippen molar-refractivity contribution in [2.75, 3.05) is 4.90 Å². The molecule has 0 amide bonds. The zero-order valence-corrected chi connectivity index (χ0v) is 28.5. The van der Waals surface area contributed by atoms with E-state index in [0.717, 1.165) is 22.7 Å². The number of rotatable bonds is 6. The SMILES string of the molecule is c1ccc(-c2cccc3cccc(-c4ccc(N(c5ccccc5)c5cccc(-n6c7ccccc7c7cc8ccccc8cc76)c5)cc4)c23)cc1. The van der Waals surface area contributed by atoms with Gasteiger partial charge in [-0.2, -0.15) is 0 Å². The maximum atomic E-state index is 2.41. The molecule has 0 N–H and O–H groups in total. The lowest BCUT2D eigenvalue weighted by atomic mass is 9.91. The first-order valence-electron chi connectivity index (χ1n) is 17.9. The van der Waals surface area contributed by atoms with Crippen molar-refractivity contribution >= 4 is 60.4 Å². The van der Waals surface area contributed by atoms with E-state index in [-0.39, 0.29) is 0 Å². The van der Waals surface area contributed by atoms with E-state index in [2.05, 4.69) is 216 Å². The van der Waals surface area contributed by atoms with Crippen LogP contribution in [0.4, 0.5) is 17.1 Å². The van der Waals surface area contributed by atoms with Gasteiger partial charge in [-0.25, -0.2) is 0 Å². The van der Waals surface area contributed by atoms with Crippen LogP contribution in [0, 0.1) is 0 Å². The highest BCUT2D eigenvalue weighted by Gasteiger charge is 2.18. The fourth-order valence-corrected chi connectivity index (χ4v) is 7.96. The van der Waals surface area contributed by atoms with Crippen molar-refractivity contribution < 1.29 is 0 Å². The minimum Gasteiger partial charge on any atom is -0.310 e. The number of benzene rings is 9. The van der Waals surface area contributed by atoms with Gasteiger partial charge in [0.2, 0.25) is 0 Å². The maximum absolute atomic E-state index is 2.41. The molecule has 0 radical (unpaired) electrons. The third-order valence-electron chi connectivity index (χ3n) is 10.3. The fourth-order valence-electron chi connectivity index (χ4n) is 7.96. The van der Waals surface area contributed by atoms with Crippen LogP contribution >= 0.6 is 0 Å². The third-order valence-corrected chi connectivity index (χ3v) is 10.3. The lowest BCUT2D eigenvalue weighted by Crippen LogP contribution is -2.10. The van der Waals surface area contributed by atoms with E-state index >= 15 is 0 Å². The Morgan fingerprint density at radius 3 is 1.63 bits per heavy atom. The van der Waals surface area contributed by atoms with Crippen LogP contribution in [0.25, 0.3) is 71.3 Å². The molecule has 1 aromatic heterocycles. The molecule has 9 aromatic carbocycles. The first-order chi connectivity index (χ1) is 25.8. The Labute approximate surface area is 303 Å². The molecule has 0 unspecified atom stereocenters. The monoisotopic (exact) mass is 662 g/mol. The van der Waals surface area contributed by atoms with Crippen molar-refractivity contribution in [1.29, 1.82) is 0 Å². The summed E-state index contributed by atoms with van der Waals surface area (Å²) in [5.41, 5.74) is 11.7. The van der Waals surface area contributed by atoms with Gasteiger partial charge in [-0.1, -0.05) is 146 Å². The lowest BCUT2D eigenvalue weighted by Gasteiger charge is -2.26. The van der Waals surface area contributed by atoms with E-state index in [4.69, 9.17) is 0 Å². The number of hydrogen-bond acceptors (Lipinski definition) is 1. The molecule has 0 spiro atoms. The summed E-state index contributed by atoms with van der Waals surface area (Å²) in [5, 5.41) is 7.53. The molecule has 1 heterocycles. The Morgan fingerprint density at radius 1 is 0.327 bits per heavy atom. The Hall–Kier alpha value is -6.90. The molecule has 2 nitrogen and oxygen atoms in total. The lowest BCUT2D eigenvalue weighted by molar-refractivity contribution is 1.17. The van der Waals surface area contributed by atoms with Crippen LogP contribution in [0.5, 0.6) is 0 Å². The molecule has 0 aliphatic rings. The van der Waals surface area contributed by atoms with Gasteiger partial charge in [-0.05, 0) is 104 Å². The molecule has 244 valence electrons. The highest BCUT2D eigenvalue weighted by Crippen LogP contribution is 2.41. The van der Waals surface area contributed by atoms with Crippen LogP contribution in [0.1, 0.15) is 0 Å². The molecule has 52 heavy (non-hydrogen) atoms. The summed E-state index contributed by atoms with van der Waals surface area (Å²) < 4.78 is 2.41. The molecule has 0 aliphatic carbocycles. The highest BCUT2D eigenvalue weighted by atomic mass is 15.1. The van der Waals surface area contributed by atoms with Crippen molar-refractivity contribution in [1.82, 2.24) is 4.57 Å². The minimum atomic E-state index is 1.10. The van der Waals surface area contributed by atoms with Gasteiger partial charge in [-0.15, -0.1) is 0 Å². The zero-order chi connectivity index (χ0) is 34.4. The summed E-state index contributed by atoms with van der Waals surface area (Å²) >= 11 is 0. The van der Waals surface area contributed by atoms with Crippen LogP contribution in [0.15, 0.2) is 206 Å². The van der Waals surface area contributed by atoms with E-state index in [0.29, 0.717) is 0 Å². The van der Waals surface area contributed by atoms with Crippen LogP contribution in [0.3, 0.4) is 0 Å². The number of anilines is 3. The largest absolute Gasteiger partial charge is 0.310 e. The third kappa shape index (κ3) is 5.04. The summed E-state index contributed by atoms with van der Waals surface area (Å²) in [5.74, 6) is 0. The molecule has 0 aliphatic heterocycles. The molecule has 0 atom stereocenters.